The molecule has 0 spiro atoms. The summed E-state index contributed by atoms with van der Waals surface area (Å²) in [5, 5.41) is 2.06. The lowest BCUT2D eigenvalue weighted by Gasteiger charge is -2.14. The summed E-state index contributed by atoms with van der Waals surface area (Å²) in [4.78, 5) is 48.0. The summed E-state index contributed by atoms with van der Waals surface area (Å²) in [6, 6.07) is 3.78. The fourth-order valence-corrected chi connectivity index (χ4v) is 3.65. The molecule has 2 atom stereocenters. The van der Waals surface area contributed by atoms with Crippen LogP contribution in [0.3, 0.4) is 0 Å². The zero-order valence-corrected chi connectivity index (χ0v) is 16.2. The van der Waals surface area contributed by atoms with E-state index in [2.05, 4.69) is 5.32 Å². The topological polar surface area (TPSA) is 89.5 Å². The average molecular weight is 418 g/mol. The zero-order valence-electron chi connectivity index (χ0n) is 13.9. The Kier molecular flexibility index (Phi) is 7.64. The normalized spacial score (nSPS) is 17.6. The maximum absolute atomic E-state index is 12.6. The third kappa shape index (κ3) is 5.81. The van der Waals surface area contributed by atoms with Crippen molar-refractivity contribution in [3.05, 3.63) is 33.8 Å². The van der Waals surface area contributed by atoms with Crippen LogP contribution in [0, 0.1) is 0 Å². The highest BCUT2D eigenvalue weighted by molar-refractivity contribution is 8.14. The van der Waals surface area contributed by atoms with Gasteiger partial charge < -0.3 is 10.1 Å². The Morgan fingerprint density at radius 3 is 2.58 bits per heavy atom. The van der Waals surface area contributed by atoms with E-state index in [1.54, 1.807) is 0 Å². The van der Waals surface area contributed by atoms with E-state index in [0.29, 0.717) is 24.7 Å². The minimum absolute atomic E-state index is 0.189. The van der Waals surface area contributed by atoms with Crippen LogP contribution in [0.2, 0.25) is 10.0 Å². The molecule has 0 aromatic heterocycles. The van der Waals surface area contributed by atoms with Crippen LogP contribution in [0.5, 0.6) is 0 Å². The lowest BCUT2D eigenvalue weighted by Crippen LogP contribution is -2.35. The van der Waals surface area contributed by atoms with Gasteiger partial charge in [-0.1, -0.05) is 35.0 Å². The highest BCUT2D eigenvalue weighted by atomic mass is 35.5. The van der Waals surface area contributed by atoms with E-state index in [1.165, 1.54) is 25.1 Å². The second-order valence-electron chi connectivity index (χ2n) is 5.74. The summed E-state index contributed by atoms with van der Waals surface area (Å²) in [5.41, 5.74) is 0.217. The highest BCUT2D eigenvalue weighted by Crippen LogP contribution is 2.27. The second kappa shape index (κ2) is 9.50. The summed E-state index contributed by atoms with van der Waals surface area (Å²) in [6.07, 6.45) is 1.02. The molecule has 1 heterocycles. The van der Waals surface area contributed by atoms with Gasteiger partial charge in [0, 0.05) is 12.5 Å². The molecule has 140 valence electrons. The number of benzene rings is 1. The molecule has 1 unspecified atom stereocenters. The van der Waals surface area contributed by atoms with Crippen LogP contribution in [0.4, 0.5) is 0 Å². The van der Waals surface area contributed by atoms with E-state index in [0.717, 1.165) is 6.42 Å². The number of Topliss-reactive ketones (excluding diaryl/α,β-unsaturated/α-hetero) is 1. The molecule has 2 rings (SSSR count). The molecule has 1 aliphatic heterocycles. The molecule has 9 heteroatoms. The molecule has 1 aromatic carbocycles. The highest BCUT2D eigenvalue weighted by Gasteiger charge is 2.30. The third-order valence-electron chi connectivity index (χ3n) is 3.72. The van der Waals surface area contributed by atoms with Crippen molar-refractivity contribution in [1.82, 2.24) is 5.32 Å². The van der Waals surface area contributed by atoms with Gasteiger partial charge >= 0.3 is 11.9 Å². The van der Waals surface area contributed by atoms with Crippen LogP contribution in [0.15, 0.2) is 18.2 Å². The molecule has 1 aromatic rings. The number of rotatable bonds is 6. The lowest BCUT2D eigenvalue weighted by molar-refractivity contribution is -0.160. The van der Waals surface area contributed by atoms with Crippen LogP contribution in [0.1, 0.15) is 36.5 Å². The molecule has 0 amide bonds. The van der Waals surface area contributed by atoms with Gasteiger partial charge in [0.2, 0.25) is 0 Å². The Morgan fingerprint density at radius 2 is 2.00 bits per heavy atom. The first kappa shape index (κ1) is 20.9. The van der Waals surface area contributed by atoms with E-state index in [9.17, 15) is 19.2 Å². The van der Waals surface area contributed by atoms with Crippen molar-refractivity contribution in [2.75, 3.05) is 6.54 Å². The molecule has 1 N–H and O–H groups in total. The van der Waals surface area contributed by atoms with Gasteiger partial charge in [-0.15, -0.1) is 0 Å². The molecule has 26 heavy (non-hydrogen) atoms. The summed E-state index contributed by atoms with van der Waals surface area (Å²) >= 11 is 12.5. The van der Waals surface area contributed by atoms with E-state index in [1.807, 2.05) is 0 Å². The van der Waals surface area contributed by atoms with Crippen LogP contribution in [-0.2, 0) is 19.1 Å². The van der Waals surface area contributed by atoms with E-state index in [4.69, 9.17) is 27.9 Å². The predicted octanol–water partition coefficient (Wildman–Crippen LogP) is 3.04. The quantitative estimate of drug-likeness (QED) is 0.432. The number of halogens is 2. The second-order valence-corrected chi connectivity index (χ2v) is 7.93. The smallest absolute Gasteiger partial charge is 0.330 e. The molecule has 0 radical (unpaired) electrons. The summed E-state index contributed by atoms with van der Waals surface area (Å²) in [6.45, 7) is 1.98. The first-order chi connectivity index (χ1) is 12.3. The van der Waals surface area contributed by atoms with Crippen molar-refractivity contribution in [2.24, 2.45) is 0 Å². The van der Waals surface area contributed by atoms with Gasteiger partial charge in [0.1, 0.15) is 6.04 Å². The molecule has 0 aliphatic carbocycles. The molecular weight excluding hydrogens is 401 g/mol. The Bertz CT molecular complexity index is 734. The maximum atomic E-state index is 12.6. The van der Waals surface area contributed by atoms with Gasteiger partial charge in [-0.05, 0) is 37.6 Å². The van der Waals surface area contributed by atoms with Gasteiger partial charge in [0.05, 0.1) is 21.7 Å². The molecule has 6 nitrogen and oxygen atoms in total. The largest absolute Gasteiger partial charge is 0.392 e. The SMILES string of the molecule is CC(=O)SC(CC(=O)OC(=O)[C@@H]1CCCN1)C(=O)c1ccc(Cl)c(Cl)c1. The van der Waals surface area contributed by atoms with Crippen LogP contribution >= 0.6 is 35.0 Å². The number of esters is 2. The minimum Gasteiger partial charge on any atom is -0.392 e. The fourth-order valence-electron chi connectivity index (χ4n) is 2.49. The average Bonchev–Trinajstić information content (AvgIpc) is 3.10. The van der Waals surface area contributed by atoms with Crippen LogP contribution < -0.4 is 5.32 Å². The van der Waals surface area contributed by atoms with E-state index >= 15 is 0 Å². The lowest BCUT2D eigenvalue weighted by atomic mass is 10.1. The first-order valence-electron chi connectivity index (χ1n) is 7.92. The van der Waals surface area contributed by atoms with Gasteiger partial charge in [0.15, 0.2) is 10.9 Å². The molecule has 1 saturated heterocycles. The van der Waals surface area contributed by atoms with Gasteiger partial charge in [0.25, 0.3) is 0 Å². The zero-order chi connectivity index (χ0) is 19.3. The predicted molar refractivity (Wildman–Crippen MR) is 99.6 cm³/mol. The standard InChI is InChI=1S/C17H17Cl2NO5S/c1-9(21)26-14(16(23)10-4-5-11(18)12(19)7-10)8-15(22)25-17(24)13-3-2-6-20-13/h4-5,7,13-14,20H,2-3,6,8H2,1H3/t13-,14?/m0/s1. The maximum Gasteiger partial charge on any atom is 0.330 e. The Labute approximate surface area is 164 Å². The van der Waals surface area contributed by atoms with Gasteiger partial charge in [-0.25, -0.2) is 4.79 Å². The summed E-state index contributed by atoms with van der Waals surface area (Å²) in [5.74, 6) is -1.98. The third-order valence-corrected chi connectivity index (χ3v) is 5.45. The number of hydrogen-bond acceptors (Lipinski definition) is 7. The van der Waals surface area contributed by atoms with Crippen molar-refractivity contribution in [3.63, 3.8) is 0 Å². The summed E-state index contributed by atoms with van der Waals surface area (Å²) < 4.78 is 4.81. The summed E-state index contributed by atoms with van der Waals surface area (Å²) in [7, 11) is 0. The number of carbonyl (C=O) groups excluding carboxylic acids is 4. The van der Waals surface area contributed by atoms with Crippen molar-refractivity contribution >= 4 is 57.8 Å². The van der Waals surface area contributed by atoms with Crippen molar-refractivity contribution < 1.29 is 23.9 Å². The van der Waals surface area contributed by atoms with Gasteiger partial charge in [-0.2, -0.15) is 0 Å². The van der Waals surface area contributed by atoms with Crippen LogP contribution in [-0.4, -0.2) is 40.7 Å². The van der Waals surface area contributed by atoms with E-state index in [-0.39, 0.29) is 20.7 Å². The van der Waals surface area contributed by atoms with Gasteiger partial charge in [-0.3, -0.25) is 14.4 Å². The molecule has 1 fully saturated rings. The number of nitrogens with one attached hydrogen (secondary N) is 1. The molecule has 0 bridgehead atoms. The molecular formula is C17H17Cl2NO5S. The molecule has 1 aliphatic rings. The Hall–Kier alpha value is -1.41. The number of carbonyl (C=O) groups is 4. The number of thioether (sulfide) groups is 1. The first-order valence-corrected chi connectivity index (χ1v) is 9.56. The minimum atomic E-state index is -1.01. The molecule has 0 saturated carbocycles. The van der Waals surface area contributed by atoms with Crippen molar-refractivity contribution in [3.8, 4) is 0 Å². The fraction of sp³-hybridized carbons (Fsp3) is 0.412. The Balaban J connectivity index is 2.06. The van der Waals surface area contributed by atoms with E-state index < -0.39 is 35.4 Å². The number of ketones is 1. The van der Waals surface area contributed by atoms with Crippen molar-refractivity contribution in [1.29, 1.82) is 0 Å². The Morgan fingerprint density at radius 1 is 1.27 bits per heavy atom. The number of hydrogen-bond donors (Lipinski definition) is 1. The number of ether oxygens (including phenoxy) is 1. The van der Waals surface area contributed by atoms with Crippen LogP contribution in [0.25, 0.3) is 0 Å². The monoisotopic (exact) mass is 417 g/mol. The van der Waals surface area contributed by atoms with Crippen molar-refractivity contribution in [2.45, 2.75) is 37.5 Å².